The Hall–Kier alpha value is -1.88. The number of hydrogen-bond donors (Lipinski definition) is 1. The van der Waals surface area contributed by atoms with Crippen LogP contribution >= 0.6 is 0 Å². The highest BCUT2D eigenvalue weighted by molar-refractivity contribution is 5.82. The molecule has 1 amide bonds. The topological polar surface area (TPSA) is 72.6 Å². The highest BCUT2D eigenvalue weighted by Gasteiger charge is 2.20. The fourth-order valence-corrected chi connectivity index (χ4v) is 2.08. The van der Waals surface area contributed by atoms with Crippen LogP contribution in [0, 0.1) is 0 Å². The summed E-state index contributed by atoms with van der Waals surface area (Å²) in [7, 11) is 1.32. The minimum absolute atomic E-state index is 0.0525. The predicted octanol–water partition coefficient (Wildman–Crippen LogP) is 1.71. The summed E-state index contributed by atoms with van der Waals surface area (Å²) in [5.74, 6) is -0.548. The summed E-state index contributed by atoms with van der Waals surface area (Å²) in [5, 5.41) is 0. The van der Waals surface area contributed by atoms with Gasteiger partial charge < -0.3 is 15.4 Å². The highest BCUT2D eigenvalue weighted by atomic mass is 16.5. The molecule has 0 spiro atoms. The number of rotatable bonds is 8. The van der Waals surface area contributed by atoms with E-state index in [0.29, 0.717) is 6.54 Å². The van der Waals surface area contributed by atoms with Crippen LogP contribution < -0.4 is 5.73 Å². The monoisotopic (exact) mass is 292 g/mol. The third-order valence-corrected chi connectivity index (χ3v) is 3.21. The molecule has 0 aromatic heterocycles. The minimum atomic E-state index is -0.427. The Bertz CT molecular complexity index is 448. The van der Waals surface area contributed by atoms with Crippen LogP contribution in [0.1, 0.15) is 31.7 Å². The number of carbonyl (C=O) groups excluding carboxylic acids is 2. The zero-order valence-electron chi connectivity index (χ0n) is 12.7. The Morgan fingerprint density at radius 1 is 1.29 bits per heavy atom. The van der Waals surface area contributed by atoms with Gasteiger partial charge in [-0.1, -0.05) is 43.7 Å². The van der Waals surface area contributed by atoms with Gasteiger partial charge in [0.15, 0.2) is 0 Å². The van der Waals surface area contributed by atoms with E-state index in [-0.39, 0.29) is 24.9 Å². The van der Waals surface area contributed by atoms with Crippen LogP contribution in [0.2, 0.25) is 0 Å². The summed E-state index contributed by atoms with van der Waals surface area (Å²) in [6.07, 6.45) is 1.98. The number of methoxy groups -OCH3 is 1. The summed E-state index contributed by atoms with van der Waals surface area (Å²) < 4.78 is 4.66. The number of hydrogen-bond acceptors (Lipinski definition) is 4. The summed E-state index contributed by atoms with van der Waals surface area (Å²) >= 11 is 0. The Kier molecular flexibility index (Phi) is 7.46. The molecule has 21 heavy (non-hydrogen) atoms. The second kappa shape index (κ2) is 9.13. The maximum absolute atomic E-state index is 12.3. The van der Waals surface area contributed by atoms with Gasteiger partial charge in [-0.25, -0.2) is 0 Å². The van der Waals surface area contributed by atoms with Crippen LogP contribution in [0.5, 0.6) is 0 Å². The minimum Gasteiger partial charge on any atom is -0.468 e. The lowest BCUT2D eigenvalue weighted by molar-refractivity contribution is -0.147. The molecule has 0 fully saturated rings. The van der Waals surface area contributed by atoms with Gasteiger partial charge in [-0.15, -0.1) is 0 Å². The average Bonchev–Trinajstić information content (AvgIpc) is 2.47. The molecule has 2 N–H and O–H groups in total. The van der Waals surface area contributed by atoms with E-state index in [1.807, 2.05) is 37.3 Å². The standard InChI is InChI=1S/C16H24N2O3/c1-3-7-14(17)10-15(19)18(12-16(20)21-2)11-13-8-5-4-6-9-13/h4-6,8-9,14H,3,7,10-12,17H2,1-2H3. The van der Waals surface area contributed by atoms with E-state index in [4.69, 9.17) is 5.73 Å². The van der Waals surface area contributed by atoms with Crippen molar-refractivity contribution in [2.24, 2.45) is 5.73 Å². The smallest absolute Gasteiger partial charge is 0.325 e. The van der Waals surface area contributed by atoms with Gasteiger partial charge in [0.1, 0.15) is 6.54 Å². The summed E-state index contributed by atoms with van der Waals surface area (Å²) in [4.78, 5) is 25.3. The Morgan fingerprint density at radius 3 is 2.52 bits per heavy atom. The van der Waals surface area contributed by atoms with Crippen molar-refractivity contribution in [2.45, 2.75) is 38.8 Å². The number of esters is 1. The molecule has 0 saturated carbocycles. The summed E-state index contributed by atoms with van der Waals surface area (Å²) in [5.41, 5.74) is 6.89. The van der Waals surface area contributed by atoms with Crippen molar-refractivity contribution >= 4 is 11.9 Å². The molecule has 0 bridgehead atoms. The lowest BCUT2D eigenvalue weighted by atomic mass is 10.1. The maximum atomic E-state index is 12.3. The van der Waals surface area contributed by atoms with Gasteiger partial charge in [0.25, 0.3) is 0 Å². The van der Waals surface area contributed by atoms with Crippen LogP contribution in [-0.2, 0) is 20.9 Å². The molecule has 0 aliphatic heterocycles. The van der Waals surface area contributed by atoms with Crippen molar-refractivity contribution in [3.05, 3.63) is 35.9 Å². The molecule has 0 saturated heterocycles. The third kappa shape index (κ3) is 6.40. The molecule has 0 aliphatic rings. The van der Waals surface area contributed by atoms with E-state index in [1.165, 1.54) is 12.0 Å². The van der Waals surface area contributed by atoms with Crippen LogP contribution in [0.25, 0.3) is 0 Å². The van der Waals surface area contributed by atoms with Crippen molar-refractivity contribution in [1.82, 2.24) is 4.90 Å². The van der Waals surface area contributed by atoms with E-state index >= 15 is 0 Å². The molecule has 1 atom stereocenters. The van der Waals surface area contributed by atoms with Crippen LogP contribution in [0.15, 0.2) is 30.3 Å². The average molecular weight is 292 g/mol. The lowest BCUT2D eigenvalue weighted by Crippen LogP contribution is -2.39. The molecule has 116 valence electrons. The molecule has 5 heteroatoms. The molecular weight excluding hydrogens is 268 g/mol. The molecule has 0 heterocycles. The van der Waals surface area contributed by atoms with Crippen LogP contribution in [-0.4, -0.2) is 36.5 Å². The maximum Gasteiger partial charge on any atom is 0.325 e. The molecular formula is C16H24N2O3. The van der Waals surface area contributed by atoms with Crippen molar-refractivity contribution in [3.63, 3.8) is 0 Å². The molecule has 1 unspecified atom stereocenters. The third-order valence-electron chi connectivity index (χ3n) is 3.21. The second-order valence-corrected chi connectivity index (χ2v) is 5.06. The number of ether oxygens (including phenoxy) is 1. The normalized spacial score (nSPS) is 11.8. The Balaban J connectivity index is 2.71. The van der Waals surface area contributed by atoms with E-state index in [9.17, 15) is 9.59 Å². The van der Waals surface area contributed by atoms with Gasteiger partial charge in [0.05, 0.1) is 7.11 Å². The van der Waals surface area contributed by atoms with Gasteiger partial charge in [-0.3, -0.25) is 9.59 Å². The first kappa shape index (κ1) is 17.2. The number of carbonyl (C=O) groups is 2. The van der Waals surface area contributed by atoms with Crippen LogP contribution in [0.3, 0.4) is 0 Å². The molecule has 1 aromatic carbocycles. The van der Waals surface area contributed by atoms with E-state index in [0.717, 1.165) is 18.4 Å². The van der Waals surface area contributed by atoms with Gasteiger partial charge in [0.2, 0.25) is 5.91 Å². The van der Waals surface area contributed by atoms with Gasteiger partial charge in [0, 0.05) is 19.0 Å². The quantitative estimate of drug-likeness (QED) is 0.740. The number of amides is 1. The Morgan fingerprint density at radius 2 is 1.95 bits per heavy atom. The van der Waals surface area contributed by atoms with Gasteiger partial charge in [-0.2, -0.15) is 0 Å². The van der Waals surface area contributed by atoms with Gasteiger partial charge in [-0.05, 0) is 12.0 Å². The second-order valence-electron chi connectivity index (χ2n) is 5.06. The number of nitrogens with two attached hydrogens (primary N) is 1. The molecule has 0 aliphatic carbocycles. The van der Waals surface area contributed by atoms with E-state index < -0.39 is 5.97 Å². The molecule has 1 rings (SSSR count). The first-order valence-electron chi connectivity index (χ1n) is 7.20. The number of benzene rings is 1. The van der Waals surface area contributed by atoms with Crippen molar-refractivity contribution in [1.29, 1.82) is 0 Å². The Labute approximate surface area is 126 Å². The van der Waals surface area contributed by atoms with Crippen molar-refractivity contribution in [3.8, 4) is 0 Å². The molecule has 5 nitrogen and oxygen atoms in total. The van der Waals surface area contributed by atoms with Crippen molar-refractivity contribution in [2.75, 3.05) is 13.7 Å². The SMILES string of the molecule is CCCC(N)CC(=O)N(CC(=O)OC)Cc1ccccc1. The summed E-state index contributed by atoms with van der Waals surface area (Å²) in [6.45, 7) is 2.36. The van der Waals surface area contributed by atoms with Crippen LogP contribution in [0.4, 0.5) is 0 Å². The number of nitrogens with zero attached hydrogens (tertiary/aromatic N) is 1. The lowest BCUT2D eigenvalue weighted by Gasteiger charge is -2.23. The predicted molar refractivity (Wildman–Crippen MR) is 81.4 cm³/mol. The highest BCUT2D eigenvalue weighted by Crippen LogP contribution is 2.09. The fourth-order valence-electron chi connectivity index (χ4n) is 2.08. The first-order valence-corrected chi connectivity index (χ1v) is 7.20. The fraction of sp³-hybridized carbons (Fsp3) is 0.500. The largest absolute Gasteiger partial charge is 0.468 e. The van der Waals surface area contributed by atoms with E-state index in [2.05, 4.69) is 4.74 Å². The zero-order valence-corrected chi connectivity index (χ0v) is 12.7. The molecule has 1 aromatic rings. The summed E-state index contributed by atoms with van der Waals surface area (Å²) in [6, 6.07) is 9.39. The van der Waals surface area contributed by atoms with E-state index in [1.54, 1.807) is 0 Å². The van der Waals surface area contributed by atoms with Crippen molar-refractivity contribution < 1.29 is 14.3 Å². The zero-order chi connectivity index (χ0) is 15.7. The van der Waals surface area contributed by atoms with Gasteiger partial charge >= 0.3 is 5.97 Å². The molecule has 0 radical (unpaired) electrons. The first-order chi connectivity index (χ1) is 10.1.